The van der Waals surface area contributed by atoms with E-state index in [2.05, 4.69) is 10.7 Å². The first kappa shape index (κ1) is 14.7. The minimum atomic E-state index is -0.263. The third-order valence-electron chi connectivity index (χ3n) is 2.84. The summed E-state index contributed by atoms with van der Waals surface area (Å²) in [7, 11) is 0. The normalized spacial score (nSPS) is 10.2. The molecule has 0 aliphatic rings. The molecule has 0 unspecified atom stereocenters. The van der Waals surface area contributed by atoms with Crippen molar-refractivity contribution in [2.75, 3.05) is 10.7 Å². The molecule has 2 aromatic carbocycles. The van der Waals surface area contributed by atoms with Crippen LogP contribution in [0.5, 0.6) is 0 Å². The molecule has 20 heavy (non-hydrogen) atoms. The molecule has 2 aromatic rings. The first-order valence-corrected chi connectivity index (χ1v) is 6.61. The molecule has 4 N–H and O–H groups in total. The molecule has 0 radical (unpaired) electrons. The highest BCUT2D eigenvalue weighted by Gasteiger charge is 2.11. The fraction of sp³-hybridized carbons (Fsp3) is 0.0714. The number of amides is 1. The van der Waals surface area contributed by atoms with Crippen LogP contribution in [0.25, 0.3) is 0 Å². The van der Waals surface area contributed by atoms with Gasteiger partial charge >= 0.3 is 0 Å². The van der Waals surface area contributed by atoms with Gasteiger partial charge in [-0.3, -0.25) is 10.6 Å². The predicted octanol–water partition coefficient (Wildman–Crippen LogP) is 3.84. The molecule has 0 fully saturated rings. The Balaban J connectivity index is 2.24. The number of hydrogen-bond acceptors (Lipinski definition) is 3. The number of benzene rings is 2. The molecule has 6 heteroatoms. The van der Waals surface area contributed by atoms with Gasteiger partial charge in [0.15, 0.2) is 0 Å². The van der Waals surface area contributed by atoms with Crippen LogP contribution in [0.1, 0.15) is 15.9 Å². The summed E-state index contributed by atoms with van der Waals surface area (Å²) in [5.74, 6) is 5.09. The molecular formula is C14H13Cl2N3O. The third-order valence-corrected chi connectivity index (χ3v) is 3.66. The lowest BCUT2D eigenvalue weighted by molar-refractivity contribution is 0.102. The monoisotopic (exact) mass is 309 g/mol. The molecule has 0 aromatic heterocycles. The molecule has 104 valence electrons. The average molecular weight is 310 g/mol. The Morgan fingerprint density at radius 3 is 2.55 bits per heavy atom. The molecule has 0 aliphatic carbocycles. The molecular weight excluding hydrogens is 297 g/mol. The second kappa shape index (κ2) is 6.13. The van der Waals surface area contributed by atoms with Crippen LogP contribution >= 0.6 is 23.2 Å². The largest absolute Gasteiger partial charge is 0.324 e. The fourth-order valence-corrected chi connectivity index (χ4v) is 2.11. The maximum atomic E-state index is 12.2. The zero-order chi connectivity index (χ0) is 14.7. The minimum absolute atomic E-state index is 0.263. The summed E-state index contributed by atoms with van der Waals surface area (Å²) in [6, 6.07) is 10.2. The summed E-state index contributed by atoms with van der Waals surface area (Å²) >= 11 is 11.9. The Bertz CT molecular complexity index is 659. The average Bonchev–Trinajstić information content (AvgIpc) is 2.43. The molecule has 0 aliphatic heterocycles. The summed E-state index contributed by atoms with van der Waals surface area (Å²) in [5.41, 5.74) is 5.18. The van der Waals surface area contributed by atoms with Gasteiger partial charge in [-0.05, 0) is 42.8 Å². The van der Waals surface area contributed by atoms with Crippen LogP contribution in [0, 0.1) is 6.92 Å². The molecule has 0 spiro atoms. The van der Waals surface area contributed by atoms with Crippen molar-refractivity contribution in [1.82, 2.24) is 0 Å². The maximum absolute atomic E-state index is 12.2. The highest BCUT2D eigenvalue weighted by atomic mass is 35.5. The van der Waals surface area contributed by atoms with Gasteiger partial charge in [-0.15, -0.1) is 0 Å². The topological polar surface area (TPSA) is 67.2 Å². The van der Waals surface area contributed by atoms with Gasteiger partial charge in [0.25, 0.3) is 5.91 Å². The van der Waals surface area contributed by atoms with Gasteiger partial charge in [0.05, 0.1) is 21.4 Å². The van der Waals surface area contributed by atoms with Gasteiger partial charge in [-0.1, -0.05) is 29.3 Å². The lowest BCUT2D eigenvalue weighted by Gasteiger charge is -2.10. The molecule has 0 saturated heterocycles. The number of anilines is 2. The number of hydrazine groups is 1. The molecule has 0 atom stereocenters. The second-order valence-electron chi connectivity index (χ2n) is 4.23. The van der Waals surface area contributed by atoms with Crippen LogP contribution in [0.4, 0.5) is 11.4 Å². The van der Waals surface area contributed by atoms with E-state index >= 15 is 0 Å². The number of aryl methyl sites for hydroxylation is 1. The van der Waals surface area contributed by atoms with Gasteiger partial charge in [-0.2, -0.15) is 0 Å². The summed E-state index contributed by atoms with van der Waals surface area (Å²) in [4.78, 5) is 12.2. The second-order valence-corrected chi connectivity index (χ2v) is 5.01. The van der Waals surface area contributed by atoms with Crippen molar-refractivity contribution in [2.24, 2.45) is 5.84 Å². The van der Waals surface area contributed by atoms with E-state index in [1.165, 1.54) is 0 Å². The van der Waals surface area contributed by atoms with Crippen molar-refractivity contribution in [1.29, 1.82) is 0 Å². The summed E-state index contributed by atoms with van der Waals surface area (Å²) in [5, 5.41) is 3.44. The van der Waals surface area contributed by atoms with Gasteiger partial charge in [-0.25, -0.2) is 0 Å². The van der Waals surface area contributed by atoms with Crippen LogP contribution < -0.4 is 16.6 Å². The van der Waals surface area contributed by atoms with Gasteiger partial charge in [0.2, 0.25) is 0 Å². The SMILES string of the molecule is Cc1cc(C(=O)Nc2cccc(Cl)c2Cl)ccc1NN. The van der Waals surface area contributed by atoms with Crippen molar-refractivity contribution in [2.45, 2.75) is 6.92 Å². The molecule has 4 nitrogen and oxygen atoms in total. The van der Waals surface area contributed by atoms with Crippen molar-refractivity contribution in [3.05, 3.63) is 57.6 Å². The Labute approximate surface area is 126 Å². The Morgan fingerprint density at radius 2 is 1.90 bits per heavy atom. The van der Waals surface area contributed by atoms with E-state index in [0.717, 1.165) is 11.3 Å². The summed E-state index contributed by atoms with van der Waals surface area (Å²) in [6.45, 7) is 1.86. The third kappa shape index (κ3) is 3.04. The van der Waals surface area contributed by atoms with Crippen LogP contribution in [0.15, 0.2) is 36.4 Å². The molecule has 0 saturated carbocycles. The van der Waals surface area contributed by atoms with Crippen molar-refractivity contribution in [3.8, 4) is 0 Å². The lowest BCUT2D eigenvalue weighted by Crippen LogP contribution is -2.14. The van der Waals surface area contributed by atoms with Crippen molar-refractivity contribution < 1.29 is 4.79 Å². The van der Waals surface area contributed by atoms with E-state index in [1.54, 1.807) is 36.4 Å². The Hall–Kier alpha value is -1.75. The number of hydrogen-bond donors (Lipinski definition) is 3. The number of carbonyl (C=O) groups excluding carboxylic acids is 1. The summed E-state index contributed by atoms with van der Waals surface area (Å²) < 4.78 is 0. The standard InChI is InChI=1S/C14H13Cl2N3O/c1-8-7-9(5-6-11(8)19-17)14(20)18-12-4-2-3-10(15)13(12)16/h2-7,19H,17H2,1H3,(H,18,20). The van der Waals surface area contributed by atoms with E-state index in [0.29, 0.717) is 21.3 Å². The van der Waals surface area contributed by atoms with Crippen molar-refractivity contribution in [3.63, 3.8) is 0 Å². The Morgan fingerprint density at radius 1 is 1.15 bits per heavy atom. The highest BCUT2D eigenvalue weighted by molar-refractivity contribution is 6.44. The van der Waals surface area contributed by atoms with E-state index in [9.17, 15) is 4.79 Å². The van der Waals surface area contributed by atoms with Crippen LogP contribution in [-0.2, 0) is 0 Å². The van der Waals surface area contributed by atoms with Crippen LogP contribution in [0.2, 0.25) is 10.0 Å². The highest BCUT2D eigenvalue weighted by Crippen LogP contribution is 2.30. The fourth-order valence-electron chi connectivity index (χ4n) is 1.76. The Kier molecular flexibility index (Phi) is 4.49. The minimum Gasteiger partial charge on any atom is -0.324 e. The van der Waals surface area contributed by atoms with Gasteiger partial charge in [0.1, 0.15) is 0 Å². The summed E-state index contributed by atoms with van der Waals surface area (Å²) in [6.07, 6.45) is 0. The van der Waals surface area contributed by atoms with E-state index < -0.39 is 0 Å². The quantitative estimate of drug-likeness (QED) is 0.596. The first-order chi connectivity index (χ1) is 9.52. The maximum Gasteiger partial charge on any atom is 0.255 e. The molecule has 2 rings (SSSR count). The molecule has 1 amide bonds. The number of nitrogens with one attached hydrogen (secondary N) is 2. The number of nitrogen functional groups attached to an aromatic ring is 1. The molecule has 0 bridgehead atoms. The first-order valence-electron chi connectivity index (χ1n) is 5.85. The number of nitrogens with two attached hydrogens (primary N) is 1. The van der Waals surface area contributed by atoms with Gasteiger partial charge in [0, 0.05) is 5.56 Å². The number of carbonyl (C=O) groups is 1. The zero-order valence-electron chi connectivity index (χ0n) is 10.7. The van der Waals surface area contributed by atoms with Crippen LogP contribution in [0.3, 0.4) is 0 Å². The van der Waals surface area contributed by atoms with E-state index in [4.69, 9.17) is 29.0 Å². The lowest BCUT2D eigenvalue weighted by atomic mass is 10.1. The van der Waals surface area contributed by atoms with Crippen molar-refractivity contribution >= 4 is 40.5 Å². The van der Waals surface area contributed by atoms with Gasteiger partial charge < -0.3 is 10.7 Å². The van der Waals surface area contributed by atoms with E-state index in [-0.39, 0.29) is 5.91 Å². The van der Waals surface area contributed by atoms with E-state index in [1.807, 2.05) is 6.92 Å². The number of rotatable bonds is 3. The molecule has 0 heterocycles. The predicted molar refractivity (Wildman–Crippen MR) is 83.4 cm³/mol. The smallest absolute Gasteiger partial charge is 0.255 e. The zero-order valence-corrected chi connectivity index (χ0v) is 12.2. The van der Waals surface area contributed by atoms with Crippen LogP contribution in [-0.4, -0.2) is 5.91 Å². The number of halogens is 2.